The van der Waals surface area contributed by atoms with Gasteiger partial charge in [0.2, 0.25) is 5.91 Å². The first-order chi connectivity index (χ1) is 8.79. The summed E-state index contributed by atoms with van der Waals surface area (Å²) in [4.78, 5) is 23.7. The van der Waals surface area contributed by atoms with Crippen LogP contribution >= 0.6 is 0 Å². The highest BCUT2D eigenvalue weighted by Crippen LogP contribution is 2.28. The summed E-state index contributed by atoms with van der Waals surface area (Å²) in [6.45, 7) is 5.60. The lowest BCUT2D eigenvalue weighted by Crippen LogP contribution is -2.51. The molecule has 3 atom stereocenters. The number of nitrogens with one attached hydrogen (secondary N) is 1. The van der Waals surface area contributed by atoms with Gasteiger partial charge >= 0.3 is 5.97 Å². The monoisotopic (exact) mass is 271 g/mol. The Hall–Kier alpha value is -1.10. The third kappa shape index (κ3) is 4.20. The van der Waals surface area contributed by atoms with Gasteiger partial charge in [0, 0.05) is 12.5 Å². The number of carbonyl (C=O) groups excluding carboxylic acids is 2. The summed E-state index contributed by atoms with van der Waals surface area (Å²) in [6, 6.07) is -0.130. The Morgan fingerprint density at radius 2 is 1.79 bits per heavy atom. The maximum Gasteiger partial charge on any atom is 0.308 e. The van der Waals surface area contributed by atoms with Gasteiger partial charge in [0.25, 0.3) is 0 Å². The highest BCUT2D eigenvalue weighted by Gasteiger charge is 2.36. The molecular weight excluding hydrogens is 246 g/mol. The lowest BCUT2D eigenvalue weighted by Gasteiger charge is -2.36. The zero-order valence-electron chi connectivity index (χ0n) is 12.5. The van der Waals surface area contributed by atoms with E-state index >= 15 is 0 Å². The second kappa shape index (κ2) is 6.37. The molecule has 0 aromatic heterocycles. The summed E-state index contributed by atoms with van der Waals surface area (Å²) in [6.07, 6.45) is 2.04. The molecule has 0 aliphatic heterocycles. The highest BCUT2D eigenvalue weighted by molar-refractivity contribution is 5.81. The van der Waals surface area contributed by atoms with Gasteiger partial charge in [0.1, 0.15) is 0 Å². The van der Waals surface area contributed by atoms with Crippen molar-refractivity contribution in [2.24, 2.45) is 11.3 Å². The maximum absolute atomic E-state index is 12.1. The van der Waals surface area contributed by atoms with Crippen molar-refractivity contribution >= 4 is 11.9 Å². The first-order valence-corrected chi connectivity index (χ1v) is 6.71. The fourth-order valence-electron chi connectivity index (χ4n) is 2.34. The van der Waals surface area contributed by atoms with Crippen LogP contribution < -0.4 is 5.32 Å². The molecule has 5 nitrogen and oxygen atoms in total. The standard InChI is InChI=1S/C14H25NO4/c1-14(2,3)13(17)15-10-8-9(12(16)19-5)6-7-11(10)18-4/h9-11H,6-8H2,1-5H3,(H,15,17). The van der Waals surface area contributed by atoms with Crippen molar-refractivity contribution < 1.29 is 19.1 Å². The largest absolute Gasteiger partial charge is 0.469 e. The van der Waals surface area contributed by atoms with E-state index in [1.165, 1.54) is 7.11 Å². The van der Waals surface area contributed by atoms with Crippen molar-refractivity contribution in [2.45, 2.75) is 52.2 Å². The van der Waals surface area contributed by atoms with Gasteiger partial charge in [-0.15, -0.1) is 0 Å². The average molecular weight is 271 g/mol. The topological polar surface area (TPSA) is 64.6 Å². The summed E-state index contributed by atoms with van der Waals surface area (Å²) in [7, 11) is 3.03. The normalized spacial score (nSPS) is 27.7. The number of amides is 1. The molecule has 3 unspecified atom stereocenters. The van der Waals surface area contributed by atoms with Crippen molar-refractivity contribution in [3.05, 3.63) is 0 Å². The summed E-state index contributed by atoms with van der Waals surface area (Å²) in [5.41, 5.74) is -0.448. The fourth-order valence-corrected chi connectivity index (χ4v) is 2.34. The first kappa shape index (κ1) is 16.0. The van der Waals surface area contributed by atoms with Crippen LogP contribution in [0.2, 0.25) is 0 Å². The second-order valence-corrected chi connectivity index (χ2v) is 6.14. The van der Waals surface area contributed by atoms with E-state index < -0.39 is 5.41 Å². The van der Waals surface area contributed by atoms with Gasteiger partial charge < -0.3 is 14.8 Å². The lowest BCUT2D eigenvalue weighted by atomic mass is 9.83. The Labute approximate surface area is 115 Å². The van der Waals surface area contributed by atoms with Gasteiger partial charge in [0.05, 0.1) is 25.2 Å². The van der Waals surface area contributed by atoms with Gasteiger partial charge in [-0.2, -0.15) is 0 Å². The van der Waals surface area contributed by atoms with E-state index in [1.807, 2.05) is 20.8 Å². The summed E-state index contributed by atoms with van der Waals surface area (Å²) < 4.78 is 10.2. The van der Waals surface area contributed by atoms with Gasteiger partial charge in [0.15, 0.2) is 0 Å². The molecule has 5 heteroatoms. The van der Waals surface area contributed by atoms with E-state index in [-0.39, 0.29) is 29.9 Å². The maximum atomic E-state index is 12.1. The molecule has 1 N–H and O–H groups in total. The van der Waals surface area contributed by atoms with Crippen LogP contribution in [0.25, 0.3) is 0 Å². The molecule has 1 saturated carbocycles. The van der Waals surface area contributed by atoms with Crippen molar-refractivity contribution in [3.63, 3.8) is 0 Å². The van der Waals surface area contributed by atoms with Gasteiger partial charge in [-0.3, -0.25) is 9.59 Å². The highest BCUT2D eigenvalue weighted by atomic mass is 16.5. The zero-order valence-corrected chi connectivity index (χ0v) is 12.5. The molecule has 0 saturated heterocycles. The number of methoxy groups -OCH3 is 2. The SMILES string of the molecule is COC(=O)C1CCC(OC)C(NC(=O)C(C)(C)C)C1. The van der Waals surface area contributed by atoms with E-state index in [4.69, 9.17) is 9.47 Å². The number of hydrogen-bond donors (Lipinski definition) is 1. The van der Waals surface area contributed by atoms with Crippen LogP contribution in [-0.2, 0) is 19.1 Å². The molecule has 1 amide bonds. The molecule has 110 valence electrons. The van der Waals surface area contributed by atoms with E-state index in [0.717, 1.165) is 12.8 Å². The lowest BCUT2D eigenvalue weighted by molar-refractivity contribution is -0.148. The predicted molar refractivity (Wildman–Crippen MR) is 71.5 cm³/mol. The first-order valence-electron chi connectivity index (χ1n) is 6.71. The van der Waals surface area contributed by atoms with E-state index in [1.54, 1.807) is 7.11 Å². The molecule has 1 fully saturated rings. The Bertz CT molecular complexity index is 335. The number of esters is 1. The smallest absolute Gasteiger partial charge is 0.308 e. The number of hydrogen-bond acceptors (Lipinski definition) is 4. The third-order valence-electron chi connectivity index (χ3n) is 3.62. The minimum absolute atomic E-state index is 0.0231. The van der Waals surface area contributed by atoms with Crippen LogP contribution in [0.3, 0.4) is 0 Å². The van der Waals surface area contributed by atoms with E-state index in [2.05, 4.69) is 5.32 Å². The molecule has 0 radical (unpaired) electrons. The molecule has 0 spiro atoms. The van der Waals surface area contributed by atoms with Crippen LogP contribution in [0.4, 0.5) is 0 Å². The molecule has 19 heavy (non-hydrogen) atoms. The minimum atomic E-state index is -0.448. The van der Waals surface area contributed by atoms with Crippen LogP contribution in [0.1, 0.15) is 40.0 Å². The Balaban J connectivity index is 2.70. The summed E-state index contributed by atoms with van der Waals surface area (Å²) in [5.74, 6) is -0.378. The molecule has 1 aliphatic carbocycles. The molecule has 1 aliphatic rings. The molecular formula is C14H25NO4. The summed E-state index contributed by atoms with van der Waals surface area (Å²) in [5, 5.41) is 3.00. The number of rotatable bonds is 3. The molecule has 0 aromatic carbocycles. The van der Waals surface area contributed by atoms with Crippen LogP contribution in [0.15, 0.2) is 0 Å². The molecule has 1 rings (SSSR count). The second-order valence-electron chi connectivity index (χ2n) is 6.14. The van der Waals surface area contributed by atoms with Crippen LogP contribution in [0, 0.1) is 11.3 Å². The predicted octanol–water partition coefficient (Wildman–Crippen LogP) is 1.51. The van der Waals surface area contributed by atoms with Gasteiger partial charge in [-0.1, -0.05) is 20.8 Å². The molecule has 0 bridgehead atoms. The fraction of sp³-hybridized carbons (Fsp3) is 0.857. The van der Waals surface area contributed by atoms with E-state index in [9.17, 15) is 9.59 Å². The van der Waals surface area contributed by atoms with Crippen molar-refractivity contribution in [1.82, 2.24) is 5.32 Å². The van der Waals surface area contributed by atoms with Gasteiger partial charge in [-0.05, 0) is 19.3 Å². The number of ether oxygens (including phenoxy) is 2. The van der Waals surface area contributed by atoms with Crippen molar-refractivity contribution in [1.29, 1.82) is 0 Å². The van der Waals surface area contributed by atoms with Crippen molar-refractivity contribution in [3.8, 4) is 0 Å². The Morgan fingerprint density at radius 1 is 1.16 bits per heavy atom. The Morgan fingerprint density at radius 3 is 2.26 bits per heavy atom. The average Bonchev–Trinajstić information content (AvgIpc) is 2.36. The van der Waals surface area contributed by atoms with Crippen LogP contribution in [0.5, 0.6) is 0 Å². The summed E-state index contributed by atoms with van der Waals surface area (Å²) >= 11 is 0. The Kier molecular flexibility index (Phi) is 5.35. The molecule has 0 aromatic rings. The van der Waals surface area contributed by atoms with Crippen molar-refractivity contribution in [2.75, 3.05) is 14.2 Å². The minimum Gasteiger partial charge on any atom is -0.469 e. The van der Waals surface area contributed by atoms with Gasteiger partial charge in [-0.25, -0.2) is 0 Å². The zero-order chi connectivity index (χ0) is 14.6. The van der Waals surface area contributed by atoms with Crippen LogP contribution in [-0.4, -0.2) is 38.2 Å². The van der Waals surface area contributed by atoms with E-state index in [0.29, 0.717) is 6.42 Å². The third-order valence-corrected chi connectivity index (χ3v) is 3.62. The number of carbonyl (C=O) groups is 2. The quantitative estimate of drug-likeness (QED) is 0.790. The molecule has 0 heterocycles.